The van der Waals surface area contributed by atoms with Gasteiger partial charge in [0.1, 0.15) is 5.75 Å². The molecule has 130 valence electrons. The van der Waals surface area contributed by atoms with Gasteiger partial charge in [-0.1, -0.05) is 66.7 Å². The summed E-state index contributed by atoms with van der Waals surface area (Å²) in [5.74, 6) is 0.630. The van der Waals surface area contributed by atoms with E-state index in [1.165, 1.54) is 17.7 Å². The largest absolute Gasteiger partial charge is 0.493 e. The molecule has 0 unspecified atom stereocenters. The number of hydrogen-bond acceptors (Lipinski definition) is 3. The highest BCUT2D eigenvalue weighted by molar-refractivity contribution is 5.79. The van der Waals surface area contributed by atoms with Gasteiger partial charge in [0.2, 0.25) is 0 Å². The van der Waals surface area contributed by atoms with Gasteiger partial charge in [0.25, 0.3) is 5.69 Å². The van der Waals surface area contributed by atoms with Crippen molar-refractivity contribution in [2.45, 2.75) is 6.42 Å². The van der Waals surface area contributed by atoms with Gasteiger partial charge in [0, 0.05) is 18.6 Å². The molecule has 4 nitrogen and oxygen atoms in total. The SMILES string of the molecule is O=[N+]([O-])c1ccc(OCCC=C(c2ccccc2)c2ccccc2)cc1. The fraction of sp³-hybridized carbons (Fsp3) is 0.0909. The smallest absolute Gasteiger partial charge is 0.269 e. The van der Waals surface area contributed by atoms with Crippen molar-refractivity contribution in [3.63, 3.8) is 0 Å². The first kappa shape index (κ1) is 17.4. The summed E-state index contributed by atoms with van der Waals surface area (Å²) in [4.78, 5) is 10.3. The Hall–Kier alpha value is -3.40. The van der Waals surface area contributed by atoms with Crippen LogP contribution in [0.15, 0.2) is 91.0 Å². The second-order valence-corrected chi connectivity index (χ2v) is 5.74. The minimum absolute atomic E-state index is 0.0627. The highest BCUT2D eigenvalue weighted by atomic mass is 16.6. The van der Waals surface area contributed by atoms with Crippen LogP contribution in [0.4, 0.5) is 5.69 Å². The predicted octanol–water partition coefficient (Wildman–Crippen LogP) is 5.50. The Morgan fingerprint density at radius 2 is 1.38 bits per heavy atom. The average molecular weight is 345 g/mol. The minimum Gasteiger partial charge on any atom is -0.493 e. The molecule has 0 amide bonds. The maximum Gasteiger partial charge on any atom is 0.269 e. The zero-order chi connectivity index (χ0) is 18.2. The number of non-ortho nitro benzene ring substituents is 1. The lowest BCUT2D eigenvalue weighted by Crippen LogP contribution is -1.97. The number of hydrogen-bond donors (Lipinski definition) is 0. The molecule has 0 aliphatic carbocycles. The molecule has 26 heavy (non-hydrogen) atoms. The number of benzene rings is 3. The fourth-order valence-electron chi connectivity index (χ4n) is 2.68. The van der Waals surface area contributed by atoms with Gasteiger partial charge in [-0.15, -0.1) is 0 Å². The van der Waals surface area contributed by atoms with Crippen LogP contribution in [-0.2, 0) is 0 Å². The second-order valence-electron chi connectivity index (χ2n) is 5.74. The van der Waals surface area contributed by atoms with Gasteiger partial charge in [0.05, 0.1) is 11.5 Å². The fourth-order valence-corrected chi connectivity index (χ4v) is 2.68. The molecule has 0 N–H and O–H groups in total. The van der Waals surface area contributed by atoms with Crippen molar-refractivity contribution in [2.75, 3.05) is 6.61 Å². The molecule has 0 heterocycles. The molecule has 0 atom stereocenters. The van der Waals surface area contributed by atoms with E-state index in [1.54, 1.807) is 12.1 Å². The molecular formula is C22H19NO3. The molecule has 3 aromatic carbocycles. The van der Waals surface area contributed by atoms with Gasteiger partial charge in [-0.05, 0) is 28.8 Å². The lowest BCUT2D eigenvalue weighted by Gasteiger charge is -2.09. The first-order valence-corrected chi connectivity index (χ1v) is 8.42. The Kier molecular flexibility index (Phi) is 5.78. The topological polar surface area (TPSA) is 52.4 Å². The third-order valence-corrected chi connectivity index (χ3v) is 3.95. The molecule has 0 aromatic heterocycles. The first-order valence-electron chi connectivity index (χ1n) is 8.42. The summed E-state index contributed by atoms with van der Waals surface area (Å²) in [6.07, 6.45) is 2.90. The van der Waals surface area contributed by atoms with Gasteiger partial charge in [-0.25, -0.2) is 0 Å². The Labute approximate surface area is 152 Å². The quantitative estimate of drug-likeness (QED) is 0.323. The van der Waals surface area contributed by atoms with Gasteiger partial charge >= 0.3 is 0 Å². The van der Waals surface area contributed by atoms with Crippen LogP contribution in [0.3, 0.4) is 0 Å². The zero-order valence-electron chi connectivity index (χ0n) is 14.2. The van der Waals surface area contributed by atoms with Crippen LogP contribution in [0.2, 0.25) is 0 Å². The van der Waals surface area contributed by atoms with Crippen LogP contribution >= 0.6 is 0 Å². The Balaban J connectivity index is 1.68. The third-order valence-electron chi connectivity index (χ3n) is 3.95. The standard InChI is InChI=1S/C22H19NO3/c24-23(25)20-13-15-21(16-14-20)26-17-7-12-22(18-8-3-1-4-9-18)19-10-5-2-6-11-19/h1-6,8-16H,7,17H2. The second kappa shape index (κ2) is 8.62. The molecule has 0 fully saturated rings. The first-order chi connectivity index (χ1) is 12.7. The van der Waals surface area contributed by atoms with Crippen molar-refractivity contribution in [2.24, 2.45) is 0 Å². The third kappa shape index (κ3) is 4.57. The summed E-state index contributed by atoms with van der Waals surface area (Å²) in [6, 6.07) is 26.6. The molecule has 3 aromatic rings. The summed E-state index contributed by atoms with van der Waals surface area (Å²) in [7, 11) is 0. The molecule has 0 saturated heterocycles. The van der Waals surface area contributed by atoms with Crippen molar-refractivity contribution in [1.29, 1.82) is 0 Å². The van der Waals surface area contributed by atoms with Crippen LogP contribution in [0.1, 0.15) is 17.5 Å². The van der Waals surface area contributed by atoms with Crippen LogP contribution in [-0.4, -0.2) is 11.5 Å². The van der Waals surface area contributed by atoms with Gasteiger partial charge in [-0.3, -0.25) is 10.1 Å². The number of ether oxygens (including phenoxy) is 1. The highest BCUT2D eigenvalue weighted by Gasteiger charge is 2.05. The van der Waals surface area contributed by atoms with E-state index in [0.717, 1.165) is 17.5 Å². The molecule has 0 radical (unpaired) electrons. The summed E-state index contributed by atoms with van der Waals surface area (Å²) < 4.78 is 5.70. The Morgan fingerprint density at radius 1 is 0.846 bits per heavy atom. The summed E-state index contributed by atoms with van der Waals surface area (Å²) in [5.41, 5.74) is 3.55. The van der Waals surface area contributed by atoms with E-state index in [9.17, 15) is 10.1 Å². The van der Waals surface area contributed by atoms with Crippen molar-refractivity contribution < 1.29 is 9.66 Å². The van der Waals surface area contributed by atoms with Crippen LogP contribution < -0.4 is 4.74 Å². The maximum absolute atomic E-state index is 10.7. The van der Waals surface area contributed by atoms with E-state index < -0.39 is 4.92 Å². The summed E-state index contributed by atoms with van der Waals surface area (Å²) in [5, 5.41) is 10.7. The monoisotopic (exact) mass is 345 g/mol. The van der Waals surface area contributed by atoms with E-state index in [1.807, 2.05) is 36.4 Å². The highest BCUT2D eigenvalue weighted by Crippen LogP contribution is 2.24. The summed E-state index contributed by atoms with van der Waals surface area (Å²) in [6.45, 7) is 0.501. The minimum atomic E-state index is -0.418. The van der Waals surface area contributed by atoms with Crippen molar-refractivity contribution >= 4 is 11.3 Å². The molecule has 0 spiro atoms. The van der Waals surface area contributed by atoms with Crippen LogP contribution in [0.5, 0.6) is 5.75 Å². The van der Waals surface area contributed by atoms with Crippen molar-refractivity contribution in [3.8, 4) is 5.75 Å². The van der Waals surface area contributed by atoms with Crippen molar-refractivity contribution in [3.05, 3.63) is 112 Å². The average Bonchev–Trinajstić information content (AvgIpc) is 2.70. The molecule has 0 aliphatic heterocycles. The lowest BCUT2D eigenvalue weighted by atomic mass is 9.97. The molecule has 0 saturated carbocycles. The van der Waals surface area contributed by atoms with E-state index in [0.29, 0.717) is 12.4 Å². The van der Waals surface area contributed by atoms with E-state index in [4.69, 9.17) is 4.74 Å². The molecule has 4 heteroatoms. The lowest BCUT2D eigenvalue weighted by molar-refractivity contribution is -0.384. The van der Waals surface area contributed by atoms with Gasteiger partial charge in [0.15, 0.2) is 0 Å². The van der Waals surface area contributed by atoms with E-state index >= 15 is 0 Å². The normalized spacial score (nSPS) is 10.2. The van der Waals surface area contributed by atoms with Crippen LogP contribution in [0.25, 0.3) is 5.57 Å². The Morgan fingerprint density at radius 3 is 1.88 bits per heavy atom. The Bertz CT molecular complexity index is 831. The van der Waals surface area contributed by atoms with E-state index in [2.05, 4.69) is 30.3 Å². The molecular weight excluding hydrogens is 326 g/mol. The number of rotatable bonds is 7. The van der Waals surface area contributed by atoms with Crippen molar-refractivity contribution in [1.82, 2.24) is 0 Å². The van der Waals surface area contributed by atoms with Gasteiger partial charge in [-0.2, -0.15) is 0 Å². The maximum atomic E-state index is 10.7. The molecule has 0 bridgehead atoms. The summed E-state index contributed by atoms with van der Waals surface area (Å²) >= 11 is 0. The van der Waals surface area contributed by atoms with Crippen LogP contribution in [0, 0.1) is 10.1 Å². The number of nitrogens with zero attached hydrogens (tertiary/aromatic N) is 1. The molecule has 3 rings (SSSR count). The number of nitro benzene ring substituents is 1. The zero-order valence-corrected chi connectivity index (χ0v) is 14.2. The molecule has 0 aliphatic rings. The number of nitro groups is 1. The van der Waals surface area contributed by atoms with Gasteiger partial charge < -0.3 is 4.74 Å². The van der Waals surface area contributed by atoms with E-state index in [-0.39, 0.29) is 5.69 Å². The predicted molar refractivity (Wildman–Crippen MR) is 103 cm³/mol.